The summed E-state index contributed by atoms with van der Waals surface area (Å²) in [7, 11) is 0. The van der Waals surface area contributed by atoms with Gasteiger partial charge in [-0.3, -0.25) is 9.69 Å². The third kappa shape index (κ3) is 6.87. The molecular weight excluding hydrogens is 366 g/mol. The van der Waals surface area contributed by atoms with Crippen molar-refractivity contribution in [2.45, 2.75) is 39.3 Å². The van der Waals surface area contributed by atoms with Gasteiger partial charge in [-0.25, -0.2) is 0 Å². The molecule has 7 heteroatoms. The molecule has 1 saturated heterocycles. The smallest absolute Gasteiger partial charge is 0.387 e. The molecule has 2 rings (SSSR count). The number of morpholine rings is 1. The lowest BCUT2D eigenvalue weighted by Crippen LogP contribution is -2.51. The fourth-order valence-electron chi connectivity index (χ4n) is 3.59. The van der Waals surface area contributed by atoms with Gasteiger partial charge in [-0.1, -0.05) is 44.9 Å². The van der Waals surface area contributed by atoms with Crippen LogP contribution in [0.3, 0.4) is 0 Å². The van der Waals surface area contributed by atoms with Gasteiger partial charge in [-0.15, -0.1) is 0 Å². The molecule has 0 aromatic heterocycles. The number of para-hydroxylation sites is 1. The lowest BCUT2D eigenvalue weighted by molar-refractivity contribution is -0.116. The van der Waals surface area contributed by atoms with Crippen LogP contribution < -0.4 is 10.1 Å². The van der Waals surface area contributed by atoms with Gasteiger partial charge < -0.3 is 14.8 Å². The van der Waals surface area contributed by atoms with E-state index in [4.69, 9.17) is 4.74 Å². The number of alkyl halides is 2. The van der Waals surface area contributed by atoms with Crippen LogP contribution in [-0.4, -0.2) is 56.3 Å². The summed E-state index contributed by atoms with van der Waals surface area (Å²) in [4.78, 5) is 14.7. The molecule has 1 heterocycles. The molecule has 1 aliphatic heterocycles. The Labute approximate surface area is 165 Å². The van der Waals surface area contributed by atoms with E-state index in [-0.39, 0.29) is 17.7 Å². The van der Waals surface area contributed by atoms with Crippen LogP contribution in [-0.2, 0) is 9.53 Å². The summed E-state index contributed by atoms with van der Waals surface area (Å²) in [5.74, 6) is 0.281. The zero-order chi connectivity index (χ0) is 20.4. The van der Waals surface area contributed by atoms with E-state index in [1.165, 1.54) is 18.2 Å². The topological polar surface area (TPSA) is 50.8 Å². The SMILES string of the molecule is CCC(CC)C(CNC(=O)/C=C/c1ccccc1OC(F)F)N1CCOCC1. The summed E-state index contributed by atoms with van der Waals surface area (Å²) in [5.41, 5.74) is 0.433. The molecule has 1 aromatic carbocycles. The van der Waals surface area contributed by atoms with Gasteiger partial charge in [0.2, 0.25) is 5.91 Å². The number of hydrogen-bond acceptors (Lipinski definition) is 4. The minimum Gasteiger partial charge on any atom is -0.434 e. The fourth-order valence-corrected chi connectivity index (χ4v) is 3.59. The zero-order valence-electron chi connectivity index (χ0n) is 16.6. The van der Waals surface area contributed by atoms with Crippen LogP contribution in [0.2, 0.25) is 0 Å². The minimum atomic E-state index is -2.90. The van der Waals surface area contributed by atoms with E-state index in [2.05, 4.69) is 28.8 Å². The Morgan fingerprint density at radius 2 is 1.93 bits per heavy atom. The van der Waals surface area contributed by atoms with E-state index >= 15 is 0 Å². The molecule has 0 saturated carbocycles. The maximum absolute atomic E-state index is 12.5. The Kier molecular flexibility index (Phi) is 9.37. The van der Waals surface area contributed by atoms with Crippen molar-refractivity contribution in [3.05, 3.63) is 35.9 Å². The van der Waals surface area contributed by atoms with E-state index in [0.717, 1.165) is 25.9 Å². The first kappa shape index (κ1) is 22.3. The molecule has 1 unspecified atom stereocenters. The predicted molar refractivity (Wildman–Crippen MR) is 105 cm³/mol. The molecule has 28 heavy (non-hydrogen) atoms. The van der Waals surface area contributed by atoms with Crippen LogP contribution in [0, 0.1) is 5.92 Å². The first-order valence-electron chi connectivity index (χ1n) is 9.86. The molecule has 1 amide bonds. The highest BCUT2D eigenvalue weighted by atomic mass is 19.3. The first-order valence-corrected chi connectivity index (χ1v) is 9.86. The van der Waals surface area contributed by atoms with Gasteiger partial charge in [-0.05, 0) is 18.1 Å². The van der Waals surface area contributed by atoms with Crippen molar-refractivity contribution >= 4 is 12.0 Å². The van der Waals surface area contributed by atoms with Gasteiger partial charge >= 0.3 is 6.61 Å². The molecule has 0 spiro atoms. The highest BCUT2D eigenvalue weighted by Crippen LogP contribution is 2.22. The molecule has 1 aromatic rings. The minimum absolute atomic E-state index is 0.0461. The van der Waals surface area contributed by atoms with E-state index in [1.54, 1.807) is 18.2 Å². The average molecular weight is 396 g/mol. The second-order valence-electron chi connectivity index (χ2n) is 6.79. The van der Waals surface area contributed by atoms with Crippen LogP contribution in [0.25, 0.3) is 6.08 Å². The molecule has 0 aliphatic carbocycles. The van der Waals surface area contributed by atoms with Gasteiger partial charge in [0.25, 0.3) is 0 Å². The lowest BCUT2D eigenvalue weighted by atomic mass is 9.92. The van der Waals surface area contributed by atoms with E-state index in [9.17, 15) is 13.6 Å². The number of rotatable bonds is 10. The summed E-state index contributed by atoms with van der Waals surface area (Å²) in [6, 6.07) is 6.65. The van der Waals surface area contributed by atoms with Crippen molar-refractivity contribution in [2.24, 2.45) is 5.92 Å². The van der Waals surface area contributed by atoms with E-state index in [1.807, 2.05) is 0 Å². The summed E-state index contributed by atoms with van der Waals surface area (Å²) < 4.78 is 34.9. The highest BCUT2D eigenvalue weighted by molar-refractivity contribution is 5.92. The molecule has 5 nitrogen and oxygen atoms in total. The number of nitrogens with zero attached hydrogens (tertiary/aromatic N) is 1. The normalized spacial score (nSPS) is 16.6. The maximum Gasteiger partial charge on any atom is 0.387 e. The van der Waals surface area contributed by atoms with E-state index in [0.29, 0.717) is 31.2 Å². The van der Waals surface area contributed by atoms with Crippen molar-refractivity contribution in [3.8, 4) is 5.75 Å². The summed E-state index contributed by atoms with van der Waals surface area (Å²) in [6.07, 6.45) is 4.94. The molecule has 0 bridgehead atoms. The molecule has 1 N–H and O–H groups in total. The van der Waals surface area contributed by atoms with Crippen molar-refractivity contribution in [3.63, 3.8) is 0 Å². The number of ether oxygens (including phenoxy) is 2. The Morgan fingerprint density at radius 1 is 1.25 bits per heavy atom. The quantitative estimate of drug-likeness (QED) is 0.615. The van der Waals surface area contributed by atoms with Crippen LogP contribution in [0.4, 0.5) is 8.78 Å². The Balaban J connectivity index is 1.97. The van der Waals surface area contributed by atoms with Crippen LogP contribution in [0.1, 0.15) is 32.3 Å². The molecule has 1 atom stereocenters. The van der Waals surface area contributed by atoms with Crippen molar-refractivity contribution in [1.82, 2.24) is 10.2 Å². The largest absolute Gasteiger partial charge is 0.434 e. The summed E-state index contributed by atoms with van der Waals surface area (Å²) in [5, 5.41) is 2.96. The summed E-state index contributed by atoms with van der Waals surface area (Å²) in [6.45, 7) is 5.14. The van der Waals surface area contributed by atoms with Crippen molar-refractivity contribution < 1.29 is 23.0 Å². The summed E-state index contributed by atoms with van der Waals surface area (Å²) >= 11 is 0. The number of nitrogens with one attached hydrogen (secondary N) is 1. The van der Waals surface area contributed by atoms with Gasteiger partial charge in [0.05, 0.1) is 13.2 Å². The Bertz CT molecular complexity index is 630. The lowest BCUT2D eigenvalue weighted by Gasteiger charge is -2.38. The Hall–Kier alpha value is -1.99. The van der Waals surface area contributed by atoms with Crippen LogP contribution >= 0.6 is 0 Å². The predicted octanol–water partition coefficient (Wildman–Crippen LogP) is 3.55. The van der Waals surface area contributed by atoms with Gasteiger partial charge in [0.1, 0.15) is 5.75 Å². The maximum atomic E-state index is 12.5. The third-order valence-corrected chi connectivity index (χ3v) is 5.14. The second-order valence-corrected chi connectivity index (χ2v) is 6.79. The molecular formula is C21H30F2N2O3. The monoisotopic (exact) mass is 396 g/mol. The number of carbonyl (C=O) groups excluding carboxylic acids is 1. The highest BCUT2D eigenvalue weighted by Gasteiger charge is 2.27. The van der Waals surface area contributed by atoms with Gasteiger partial charge in [-0.2, -0.15) is 8.78 Å². The van der Waals surface area contributed by atoms with Crippen LogP contribution in [0.15, 0.2) is 30.3 Å². The average Bonchev–Trinajstić information content (AvgIpc) is 2.70. The number of hydrogen-bond donors (Lipinski definition) is 1. The number of amides is 1. The number of halogens is 2. The number of benzene rings is 1. The Morgan fingerprint density at radius 3 is 2.57 bits per heavy atom. The standard InChI is InChI=1S/C21H30F2N2O3/c1-3-16(4-2)18(25-11-13-27-14-12-25)15-24-20(26)10-9-17-7-5-6-8-19(17)28-21(22)23/h5-10,16,18,21H,3-4,11-15H2,1-2H3,(H,24,26)/b10-9+. The zero-order valence-corrected chi connectivity index (χ0v) is 16.6. The number of carbonyl (C=O) groups is 1. The third-order valence-electron chi connectivity index (χ3n) is 5.14. The van der Waals surface area contributed by atoms with Gasteiger partial charge in [0.15, 0.2) is 0 Å². The van der Waals surface area contributed by atoms with Gasteiger partial charge in [0, 0.05) is 37.3 Å². The molecule has 156 valence electrons. The fraction of sp³-hybridized carbons (Fsp3) is 0.571. The molecule has 1 fully saturated rings. The van der Waals surface area contributed by atoms with E-state index < -0.39 is 6.61 Å². The van der Waals surface area contributed by atoms with Crippen molar-refractivity contribution in [1.29, 1.82) is 0 Å². The first-order chi connectivity index (χ1) is 13.5. The second kappa shape index (κ2) is 11.8. The van der Waals surface area contributed by atoms with Crippen molar-refractivity contribution in [2.75, 3.05) is 32.8 Å². The molecule has 0 radical (unpaired) electrons. The van der Waals surface area contributed by atoms with Crippen LogP contribution in [0.5, 0.6) is 5.75 Å². The molecule has 1 aliphatic rings.